The van der Waals surface area contributed by atoms with E-state index in [1.807, 2.05) is 31.2 Å². The van der Waals surface area contributed by atoms with Gasteiger partial charge < -0.3 is 19.7 Å². The molecule has 0 bridgehead atoms. The van der Waals surface area contributed by atoms with Crippen LogP contribution in [0.25, 0.3) is 6.08 Å². The van der Waals surface area contributed by atoms with Crippen LogP contribution in [-0.2, 0) is 19.1 Å². The van der Waals surface area contributed by atoms with E-state index in [-0.39, 0.29) is 18.4 Å². The van der Waals surface area contributed by atoms with E-state index in [0.717, 1.165) is 5.56 Å². The number of fused-ring (bicyclic) bond motifs is 1. The van der Waals surface area contributed by atoms with Gasteiger partial charge in [0.25, 0.3) is 5.91 Å². The molecule has 0 unspecified atom stereocenters. The van der Waals surface area contributed by atoms with Crippen molar-refractivity contribution in [2.45, 2.75) is 26.3 Å². The third-order valence-corrected chi connectivity index (χ3v) is 4.58. The Hall–Kier alpha value is -3.61. The zero-order valence-electron chi connectivity index (χ0n) is 17.0. The fraction of sp³-hybridized carbons (Fsp3) is 0.261. The molecule has 1 N–H and O–H groups in total. The van der Waals surface area contributed by atoms with Crippen LogP contribution < -0.4 is 15.0 Å². The van der Waals surface area contributed by atoms with Gasteiger partial charge in [-0.25, -0.2) is 4.79 Å². The maximum absolute atomic E-state index is 12.8. The number of rotatable bonds is 6. The fourth-order valence-corrected chi connectivity index (χ4v) is 3.28. The molecule has 0 radical (unpaired) electrons. The first-order chi connectivity index (χ1) is 14.5. The van der Waals surface area contributed by atoms with Crippen LogP contribution in [-0.4, -0.2) is 37.0 Å². The van der Waals surface area contributed by atoms with Crippen molar-refractivity contribution in [3.63, 3.8) is 0 Å². The molecular weight excluding hydrogens is 384 g/mol. The van der Waals surface area contributed by atoms with Gasteiger partial charge in [-0.05, 0) is 38.1 Å². The van der Waals surface area contributed by atoms with Gasteiger partial charge in [0, 0.05) is 24.1 Å². The van der Waals surface area contributed by atoms with Crippen molar-refractivity contribution in [3.05, 3.63) is 60.2 Å². The van der Waals surface area contributed by atoms with Crippen molar-refractivity contribution < 1.29 is 23.9 Å². The van der Waals surface area contributed by atoms with Gasteiger partial charge in [0.2, 0.25) is 5.91 Å². The lowest BCUT2D eigenvalue weighted by atomic mass is 10.1. The molecule has 1 heterocycles. The Kier molecular flexibility index (Phi) is 6.85. The second kappa shape index (κ2) is 9.73. The van der Waals surface area contributed by atoms with Gasteiger partial charge in [0.05, 0.1) is 18.0 Å². The number of hydrogen-bond acceptors (Lipinski definition) is 5. The number of benzene rings is 2. The lowest BCUT2D eigenvalue weighted by Gasteiger charge is -2.27. The molecule has 2 amide bonds. The summed E-state index contributed by atoms with van der Waals surface area (Å²) in [5, 5.41) is 2.79. The molecular formula is C23H24N2O5. The SMILES string of the molecule is CCOc1ccccc1/C=C/C(=O)OCC(=O)N1c2ccccc2NC(=O)C[C@@H]1C. The van der Waals surface area contributed by atoms with Crippen molar-refractivity contribution >= 4 is 35.2 Å². The molecule has 0 aliphatic carbocycles. The molecule has 7 nitrogen and oxygen atoms in total. The Morgan fingerprint density at radius 3 is 2.70 bits per heavy atom. The number of nitrogens with one attached hydrogen (secondary N) is 1. The average Bonchev–Trinajstić information content (AvgIpc) is 2.85. The molecule has 1 aliphatic rings. The molecule has 30 heavy (non-hydrogen) atoms. The zero-order chi connectivity index (χ0) is 21.5. The van der Waals surface area contributed by atoms with Gasteiger partial charge >= 0.3 is 5.97 Å². The number of carbonyl (C=O) groups excluding carboxylic acids is 3. The van der Waals surface area contributed by atoms with Crippen LogP contribution in [0.4, 0.5) is 11.4 Å². The number of carbonyl (C=O) groups is 3. The molecule has 0 aromatic heterocycles. The first-order valence-electron chi connectivity index (χ1n) is 9.77. The van der Waals surface area contributed by atoms with Crippen LogP contribution in [0.2, 0.25) is 0 Å². The highest BCUT2D eigenvalue weighted by molar-refractivity contribution is 6.05. The lowest BCUT2D eigenvalue weighted by molar-refractivity contribution is -0.143. The summed E-state index contributed by atoms with van der Waals surface area (Å²) in [6, 6.07) is 14.0. The first-order valence-corrected chi connectivity index (χ1v) is 9.77. The summed E-state index contributed by atoms with van der Waals surface area (Å²) < 4.78 is 10.7. The fourth-order valence-electron chi connectivity index (χ4n) is 3.28. The first kappa shape index (κ1) is 21.1. The summed E-state index contributed by atoms with van der Waals surface area (Å²) in [5.74, 6) is -0.548. The molecule has 1 aliphatic heterocycles. The lowest BCUT2D eigenvalue weighted by Crippen LogP contribution is -2.41. The van der Waals surface area contributed by atoms with E-state index in [4.69, 9.17) is 9.47 Å². The predicted octanol–water partition coefficient (Wildman–Crippen LogP) is 3.41. The van der Waals surface area contributed by atoms with Gasteiger partial charge in [-0.3, -0.25) is 9.59 Å². The Morgan fingerprint density at radius 1 is 1.17 bits per heavy atom. The van der Waals surface area contributed by atoms with Crippen molar-refractivity contribution in [2.75, 3.05) is 23.4 Å². The van der Waals surface area contributed by atoms with Crippen LogP contribution >= 0.6 is 0 Å². The van der Waals surface area contributed by atoms with Crippen molar-refractivity contribution in [1.29, 1.82) is 0 Å². The second-order valence-electron chi connectivity index (χ2n) is 6.79. The van der Waals surface area contributed by atoms with Crippen LogP contribution in [0.3, 0.4) is 0 Å². The van der Waals surface area contributed by atoms with E-state index in [1.165, 1.54) is 11.0 Å². The van der Waals surface area contributed by atoms with Gasteiger partial charge in [0.15, 0.2) is 6.61 Å². The van der Waals surface area contributed by atoms with Crippen molar-refractivity contribution in [2.24, 2.45) is 0 Å². The minimum absolute atomic E-state index is 0.155. The number of nitrogens with zero attached hydrogens (tertiary/aromatic N) is 1. The van der Waals surface area contributed by atoms with Gasteiger partial charge in [0.1, 0.15) is 5.75 Å². The van der Waals surface area contributed by atoms with Crippen molar-refractivity contribution in [1.82, 2.24) is 0 Å². The number of para-hydroxylation sites is 3. The van der Waals surface area contributed by atoms with E-state index in [1.54, 1.807) is 37.3 Å². The van der Waals surface area contributed by atoms with Crippen LogP contribution in [0.15, 0.2) is 54.6 Å². The van der Waals surface area contributed by atoms with E-state index < -0.39 is 18.5 Å². The van der Waals surface area contributed by atoms with Gasteiger partial charge in [-0.2, -0.15) is 0 Å². The minimum atomic E-state index is -0.639. The number of anilines is 2. The molecule has 0 spiro atoms. The van der Waals surface area contributed by atoms with Gasteiger partial charge in [-0.15, -0.1) is 0 Å². The number of esters is 1. The Balaban J connectivity index is 1.66. The molecule has 1 atom stereocenters. The molecule has 0 saturated heterocycles. The Labute approximate surface area is 175 Å². The van der Waals surface area contributed by atoms with Crippen LogP contribution in [0.5, 0.6) is 5.75 Å². The second-order valence-corrected chi connectivity index (χ2v) is 6.79. The molecule has 7 heteroatoms. The van der Waals surface area contributed by atoms with E-state index >= 15 is 0 Å². The maximum Gasteiger partial charge on any atom is 0.331 e. The summed E-state index contributed by atoms with van der Waals surface area (Å²) in [6.45, 7) is 3.75. The summed E-state index contributed by atoms with van der Waals surface area (Å²) in [7, 11) is 0. The topological polar surface area (TPSA) is 84.9 Å². The quantitative estimate of drug-likeness (QED) is 0.585. The zero-order valence-corrected chi connectivity index (χ0v) is 17.0. The third kappa shape index (κ3) is 5.05. The highest BCUT2D eigenvalue weighted by Gasteiger charge is 2.29. The third-order valence-electron chi connectivity index (χ3n) is 4.58. The van der Waals surface area contributed by atoms with E-state index in [9.17, 15) is 14.4 Å². The highest BCUT2D eigenvalue weighted by atomic mass is 16.5. The molecule has 156 valence electrons. The smallest absolute Gasteiger partial charge is 0.331 e. The van der Waals surface area contributed by atoms with Crippen molar-refractivity contribution in [3.8, 4) is 5.75 Å². The monoisotopic (exact) mass is 408 g/mol. The summed E-state index contributed by atoms with van der Waals surface area (Å²) in [5.41, 5.74) is 1.87. The average molecular weight is 408 g/mol. The molecule has 3 rings (SSSR count). The highest BCUT2D eigenvalue weighted by Crippen LogP contribution is 2.31. The molecule has 2 aromatic rings. The van der Waals surface area contributed by atoms with E-state index in [2.05, 4.69) is 5.32 Å². The number of hydrogen-bond donors (Lipinski definition) is 1. The Bertz CT molecular complexity index is 970. The maximum atomic E-state index is 12.8. The van der Waals surface area contributed by atoms with Gasteiger partial charge in [-0.1, -0.05) is 30.3 Å². The Morgan fingerprint density at radius 2 is 1.90 bits per heavy atom. The number of ether oxygens (including phenoxy) is 2. The summed E-state index contributed by atoms with van der Waals surface area (Å²) in [6.07, 6.45) is 3.00. The molecule has 0 fully saturated rings. The predicted molar refractivity (Wildman–Crippen MR) is 114 cm³/mol. The standard InChI is InChI=1S/C23H24N2O5/c1-3-29-20-11-7-4-8-17(20)12-13-23(28)30-15-22(27)25-16(2)14-21(26)24-18-9-5-6-10-19(18)25/h4-13,16H,3,14-15H2,1-2H3,(H,24,26)/b13-12+/t16-/m0/s1. The molecule has 0 saturated carbocycles. The van der Waals surface area contributed by atoms with E-state index in [0.29, 0.717) is 23.7 Å². The van der Waals surface area contributed by atoms with Crippen LogP contribution in [0.1, 0.15) is 25.8 Å². The summed E-state index contributed by atoms with van der Waals surface area (Å²) in [4.78, 5) is 38.5. The minimum Gasteiger partial charge on any atom is -0.493 e. The normalized spacial score (nSPS) is 15.9. The number of amides is 2. The summed E-state index contributed by atoms with van der Waals surface area (Å²) >= 11 is 0. The largest absolute Gasteiger partial charge is 0.493 e. The molecule has 2 aromatic carbocycles. The van der Waals surface area contributed by atoms with Crippen LogP contribution in [0, 0.1) is 0 Å².